The van der Waals surface area contributed by atoms with Crippen molar-refractivity contribution < 1.29 is 0 Å². The van der Waals surface area contributed by atoms with E-state index in [1.165, 1.54) is 16.3 Å². The maximum atomic E-state index is 4.20. The lowest BCUT2D eigenvalue weighted by Crippen LogP contribution is -1.88. The summed E-state index contributed by atoms with van der Waals surface area (Å²) < 4.78 is 0.982. The summed E-state index contributed by atoms with van der Waals surface area (Å²) >= 11 is 3.37. The molecule has 0 aliphatic carbocycles. The van der Waals surface area contributed by atoms with Crippen LogP contribution in [0.3, 0.4) is 0 Å². The molecule has 0 unspecified atom stereocenters. The number of nitrogens with zero attached hydrogens (tertiary/aromatic N) is 1. The molecule has 0 aliphatic rings. The first-order chi connectivity index (χ1) is 6.77. The number of benzene rings is 1. The Hall–Kier alpha value is -1.15. The van der Waals surface area contributed by atoms with Gasteiger partial charge in [0.15, 0.2) is 0 Å². The summed E-state index contributed by atoms with van der Waals surface area (Å²) in [7, 11) is 0. The molecule has 1 aromatic carbocycles. The number of hydrogen-bond donors (Lipinski definition) is 0. The van der Waals surface area contributed by atoms with E-state index >= 15 is 0 Å². The molecule has 2 rings (SSSR count). The molecule has 1 nitrogen and oxygen atoms in total. The fourth-order valence-corrected chi connectivity index (χ4v) is 1.83. The van der Waals surface area contributed by atoms with Crippen molar-refractivity contribution in [2.24, 2.45) is 0 Å². The highest BCUT2D eigenvalue weighted by atomic mass is 79.9. The van der Waals surface area contributed by atoms with Gasteiger partial charge in [-0.05, 0) is 15.4 Å². The molecule has 14 heavy (non-hydrogen) atoms. The van der Waals surface area contributed by atoms with E-state index in [1.54, 1.807) is 0 Å². The van der Waals surface area contributed by atoms with Crippen molar-refractivity contribution in [3.8, 4) is 0 Å². The van der Waals surface area contributed by atoms with Crippen LogP contribution in [0.5, 0.6) is 0 Å². The van der Waals surface area contributed by atoms with Gasteiger partial charge >= 0.3 is 0 Å². The highest BCUT2D eigenvalue weighted by Crippen LogP contribution is 2.20. The number of aromatic nitrogens is 1. The van der Waals surface area contributed by atoms with E-state index < -0.39 is 0 Å². The first-order valence-electron chi connectivity index (χ1n) is 4.42. The third-order valence-electron chi connectivity index (χ3n) is 2.13. The van der Waals surface area contributed by atoms with Crippen molar-refractivity contribution in [3.63, 3.8) is 0 Å². The molecule has 2 heteroatoms. The second kappa shape index (κ2) is 3.93. The van der Waals surface area contributed by atoms with Crippen molar-refractivity contribution in [2.75, 3.05) is 0 Å². The number of rotatable bonds is 2. The predicted molar refractivity (Wildman–Crippen MR) is 63.5 cm³/mol. The van der Waals surface area contributed by atoms with Crippen molar-refractivity contribution in [2.45, 2.75) is 6.42 Å². The number of pyridine rings is 1. The van der Waals surface area contributed by atoms with Crippen LogP contribution in [0.4, 0.5) is 0 Å². The summed E-state index contributed by atoms with van der Waals surface area (Å²) in [6.07, 6.45) is 4.61. The molecule has 2 aromatic rings. The average Bonchev–Trinajstić information content (AvgIpc) is 2.18. The number of halogens is 1. The molecule has 0 N–H and O–H groups in total. The van der Waals surface area contributed by atoms with Gasteiger partial charge in [-0.1, -0.05) is 46.8 Å². The fraction of sp³-hybridized carbons (Fsp3) is 0.0833. The van der Waals surface area contributed by atoms with Gasteiger partial charge in [-0.25, -0.2) is 0 Å². The van der Waals surface area contributed by atoms with Crippen molar-refractivity contribution in [3.05, 3.63) is 53.3 Å². The Kier molecular flexibility index (Phi) is 2.64. The highest BCUT2D eigenvalue weighted by Gasteiger charge is 2.00. The zero-order chi connectivity index (χ0) is 9.97. The van der Waals surface area contributed by atoms with E-state index in [-0.39, 0.29) is 0 Å². The Morgan fingerprint density at radius 3 is 2.86 bits per heavy atom. The fourth-order valence-electron chi connectivity index (χ4n) is 1.53. The maximum Gasteiger partial charge on any atom is 0.0346 e. The van der Waals surface area contributed by atoms with Crippen LogP contribution in [0.15, 0.2) is 47.7 Å². The average molecular weight is 248 g/mol. The first-order valence-corrected chi connectivity index (χ1v) is 5.21. The second-order valence-electron chi connectivity index (χ2n) is 3.21. The van der Waals surface area contributed by atoms with Gasteiger partial charge in [-0.15, -0.1) is 0 Å². The van der Waals surface area contributed by atoms with Crippen LogP contribution < -0.4 is 0 Å². The lowest BCUT2D eigenvalue weighted by Gasteiger charge is -2.04. The molecule has 0 atom stereocenters. The number of fused-ring (bicyclic) bond motifs is 1. The van der Waals surface area contributed by atoms with Gasteiger partial charge in [0.2, 0.25) is 0 Å². The van der Waals surface area contributed by atoms with Gasteiger partial charge in [0.05, 0.1) is 0 Å². The molecule has 0 spiro atoms. The molecule has 1 heterocycles. The smallest absolute Gasteiger partial charge is 0.0346 e. The zero-order valence-corrected chi connectivity index (χ0v) is 9.29. The van der Waals surface area contributed by atoms with Gasteiger partial charge in [-0.3, -0.25) is 4.98 Å². The molecule has 0 saturated carbocycles. The Morgan fingerprint density at radius 2 is 2.07 bits per heavy atom. The van der Waals surface area contributed by atoms with Gasteiger partial charge in [0.1, 0.15) is 0 Å². The number of hydrogen-bond acceptors (Lipinski definition) is 1. The monoisotopic (exact) mass is 247 g/mol. The largest absolute Gasteiger partial charge is 0.264 e. The standard InChI is InChI=1S/C12H10BrN/c1-9(13)6-11-8-14-7-10-4-2-3-5-12(10)11/h2-5,7-8H,1,6H2. The van der Waals surface area contributed by atoms with Gasteiger partial charge in [0.25, 0.3) is 0 Å². The van der Waals surface area contributed by atoms with Gasteiger partial charge in [0, 0.05) is 24.2 Å². The quantitative estimate of drug-likeness (QED) is 0.789. The van der Waals surface area contributed by atoms with E-state index in [0.29, 0.717) is 0 Å². The normalized spacial score (nSPS) is 10.4. The Balaban J connectivity index is 2.59. The second-order valence-corrected chi connectivity index (χ2v) is 4.34. The molecule has 0 amide bonds. The molecule has 0 saturated heterocycles. The minimum Gasteiger partial charge on any atom is -0.264 e. The molecule has 0 aliphatic heterocycles. The van der Waals surface area contributed by atoms with Crippen molar-refractivity contribution in [1.29, 1.82) is 0 Å². The predicted octanol–water partition coefficient (Wildman–Crippen LogP) is 3.69. The van der Waals surface area contributed by atoms with Crippen LogP contribution in [0.2, 0.25) is 0 Å². The van der Waals surface area contributed by atoms with E-state index in [2.05, 4.69) is 39.6 Å². The van der Waals surface area contributed by atoms with Gasteiger partial charge in [-0.2, -0.15) is 0 Å². The summed E-state index contributed by atoms with van der Waals surface area (Å²) in [5.41, 5.74) is 1.21. The molecule has 70 valence electrons. The summed E-state index contributed by atoms with van der Waals surface area (Å²) in [6, 6.07) is 8.25. The van der Waals surface area contributed by atoms with Crippen LogP contribution in [0.25, 0.3) is 10.8 Å². The third-order valence-corrected chi connectivity index (χ3v) is 2.41. The molecule has 1 aromatic heterocycles. The topological polar surface area (TPSA) is 12.9 Å². The van der Waals surface area contributed by atoms with Crippen LogP contribution in [0, 0.1) is 0 Å². The van der Waals surface area contributed by atoms with Crippen LogP contribution in [-0.4, -0.2) is 4.98 Å². The summed E-state index contributed by atoms with van der Waals surface area (Å²) in [5.74, 6) is 0. The molecular formula is C12H10BrN. The van der Waals surface area contributed by atoms with Crippen molar-refractivity contribution in [1.82, 2.24) is 4.98 Å². The van der Waals surface area contributed by atoms with Crippen LogP contribution in [-0.2, 0) is 6.42 Å². The van der Waals surface area contributed by atoms with Gasteiger partial charge < -0.3 is 0 Å². The van der Waals surface area contributed by atoms with E-state index in [1.807, 2.05) is 24.5 Å². The SMILES string of the molecule is C=C(Br)Cc1cncc2ccccc12. The Labute approximate surface area is 91.6 Å². The third kappa shape index (κ3) is 1.85. The van der Waals surface area contributed by atoms with E-state index in [0.717, 1.165) is 10.9 Å². The summed E-state index contributed by atoms with van der Waals surface area (Å²) in [4.78, 5) is 4.20. The molecule has 0 fully saturated rings. The minimum atomic E-state index is 0.828. The zero-order valence-electron chi connectivity index (χ0n) is 7.70. The summed E-state index contributed by atoms with van der Waals surface area (Å²) in [6.45, 7) is 3.85. The first kappa shape index (κ1) is 9.41. The maximum absolute atomic E-state index is 4.20. The minimum absolute atomic E-state index is 0.828. The molecule has 0 radical (unpaired) electrons. The van der Waals surface area contributed by atoms with E-state index in [9.17, 15) is 0 Å². The highest BCUT2D eigenvalue weighted by molar-refractivity contribution is 9.11. The Bertz CT molecular complexity index is 471. The number of allylic oxidation sites excluding steroid dienone is 1. The Morgan fingerprint density at radius 1 is 1.29 bits per heavy atom. The van der Waals surface area contributed by atoms with Crippen LogP contribution >= 0.6 is 15.9 Å². The van der Waals surface area contributed by atoms with Crippen LogP contribution in [0.1, 0.15) is 5.56 Å². The molecular weight excluding hydrogens is 238 g/mol. The molecule has 0 bridgehead atoms. The lowest BCUT2D eigenvalue weighted by atomic mass is 10.1. The summed E-state index contributed by atoms with van der Waals surface area (Å²) in [5, 5.41) is 2.43. The lowest BCUT2D eigenvalue weighted by molar-refractivity contribution is 1.22. The van der Waals surface area contributed by atoms with Crippen molar-refractivity contribution >= 4 is 26.7 Å². The van der Waals surface area contributed by atoms with E-state index in [4.69, 9.17) is 0 Å².